The zero-order chi connectivity index (χ0) is 15.6. The van der Waals surface area contributed by atoms with E-state index in [0.717, 1.165) is 12.7 Å². The average Bonchev–Trinajstić information content (AvgIpc) is 2.48. The molecule has 1 heterocycles. The number of hydrogen-bond donors (Lipinski definition) is 0. The summed E-state index contributed by atoms with van der Waals surface area (Å²) in [6.07, 6.45) is 1.04. The minimum absolute atomic E-state index is 0.0560. The van der Waals surface area contributed by atoms with Crippen LogP contribution in [0.2, 0.25) is 0 Å². The van der Waals surface area contributed by atoms with Crippen LogP contribution in [0.1, 0.15) is 37.6 Å². The van der Waals surface area contributed by atoms with E-state index in [1.54, 1.807) is 17.0 Å². The number of benzene rings is 1. The Morgan fingerprint density at radius 2 is 2.14 bits per heavy atom. The number of aldehydes is 1. The SMILES string of the molecule is CCCN1C(=O)C(C(C)C)Oc2c(OC)cc(C=O)cc21. The quantitative estimate of drug-likeness (QED) is 0.783. The summed E-state index contributed by atoms with van der Waals surface area (Å²) in [5.74, 6) is 1.01. The topological polar surface area (TPSA) is 55.8 Å². The van der Waals surface area contributed by atoms with Gasteiger partial charge in [0.15, 0.2) is 17.6 Å². The molecule has 0 saturated carbocycles. The maximum atomic E-state index is 12.6. The molecular formula is C16H21NO4. The highest BCUT2D eigenvalue weighted by Crippen LogP contribution is 2.43. The largest absolute Gasteiger partial charge is 0.493 e. The second-order valence-corrected chi connectivity index (χ2v) is 5.46. The molecule has 1 unspecified atom stereocenters. The van der Waals surface area contributed by atoms with E-state index in [-0.39, 0.29) is 11.8 Å². The molecule has 0 radical (unpaired) electrons. The van der Waals surface area contributed by atoms with Gasteiger partial charge in [-0.2, -0.15) is 0 Å². The van der Waals surface area contributed by atoms with E-state index in [1.165, 1.54) is 7.11 Å². The Morgan fingerprint density at radius 3 is 2.67 bits per heavy atom. The second-order valence-electron chi connectivity index (χ2n) is 5.46. The van der Waals surface area contributed by atoms with Gasteiger partial charge in [0.05, 0.1) is 12.8 Å². The molecule has 1 aromatic rings. The van der Waals surface area contributed by atoms with Crippen LogP contribution in [0.3, 0.4) is 0 Å². The molecule has 114 valence electrons. The van der Waals surface area contributed by atoms with Gasteiger partial charge in [-0.3, -0.25) is 9.59 Å². The van der Waals surface area contributed by atoms with Crippen molar-refractivity contribution in [2.45, 2.75) is 33.3 Å². The van der Waals surface area contributed by atoms with E-state index in [4.69, 9.17) is 9.47 Å². The summed E-state index contributed by atoms with van der Waals surface area (Å²) >= 11 is 0. The second kappa shape index (κ2) is 6.16. The molecule has 0 N–H and O–H groups in total. The first kappa shape index (κ1) is 15.4. The highest BCUT2D eigenvalue weighted by atomic mass is 16.5. The molecule has 1 amide bonds. The van der Waals surface area contributed by atoms with Gasteiger partial charge in [0.1, 0.15) is 6.29 Å². The summed E-state index contributed by atoms with van der Waals surface area (Å²) in [5, 5.41) is 0. The molecule has 21 heavy (non-hydrogen) atoms. The Kier molecular flexibility index (Phi) is 4.50. The number of hydrogen-bond acceptors (Lipinski definition) is 4. The molecule has 5 heteroatoms. The monoisotopic (exact) mass is 291 g/mol. The third-order valence-electron chi connectivity index (χ3n) is 3.51. The fourth-order valence-electron chi connectivity index (χ4n) is 2.47. The van der Waals surface area contributed by atoms with Gasteiger partial charge in [-0.25, -0.2) is 0 Å². The maximum absolute atomic E-state index is 12.6. The fourth-order valence-corrected chi connectivity index (χ4v) is 2.47. The third-order valence-corrected chi connectivity index (χ3v) is 3.51. The molecule has 1 aliphatic rings. The Labute approximate surface area is 124 Å². The lowest BCUT2D eigenvalue weighted by molar-refractivity contribution is -0.128. The van der Waals surface area contributed by atoms with Crippen molar-refractivity contribution < 1.29 is 19.1 Å². The molecule has 1 aliphatic heterocycles. The van der Waals surface area contributed by atoms with E-state index in [0.29, 0.717) is 29.3 Å². The molecule has 2 rings (SSSR count). The van der Waals surface area contributed by atoms with Crippen LogP contribution >= 0.6 is 0 Å². The number of rotatable bonds is 5. The smallest absolute Gasteiger partial charge is 0.268 e. The van der Waals surface area contributed by atoms with Gasteiger partial charge in [-0.15, -0.1) is 0 Å². The van der Waals surface area contributed by atoms with E-state index >= 15 is 0 Å². The number of carbonyl (C=O) groups is 2. The summed E-state index contributed by atoms with van der Waals surface area (Å²) in [7, 11) is 1.53. The van der Waals surface area contributed by atoms with Crippen molar-refractivity contribution in [2.24, 2.45) is 5.92 Å². The van der Waals surface area contributed by atoms with Crippen molar-refractivity contribution in [1.82, 2.24) is 0 Å². The van der Waals surface area contributed by atoms with Crippen LogP contribution in [0.25, 0.3) is 0 Å². The number of carbonyl (C=O) groups excluding carboxylic acids is 2. The van der Waals surface area contributed by atoms with Gasteiger partial charge in [0.25, 0.3) is 5.91 Å². The van der Waals surface area contributed by atoms with Crippen LogP contribution in [0.4, 0.5) is 5.69 Å². The average molecular weight is 291 g/mol. The van der Waals surface area contributed by atoms with Crippen LogP contribution in [0.15, 0.2) is 12.1 Å². The van der Waals surface area contributed by atoms with Crippen molar-refractivity contribution in [3.8, 4) is 11.5 Å². The van der Waals surface area contributed by atoms with E-state index in [1.807, 2.05) is 20.8 Å². The molecular weight excluding hydrogens is 270 g/mol. The van der Waals surface area contributed by atoms with Crippen molar-refractivity contribution in [3.63, 3.8) is 0 Å². The number of amides is 1. The number of fused-ring (bicyclic) bond motifs is 1. The van der Waals surface area contributed by atoms with Crippen LogP contribution in [-0.4, -0.2) is 32.0 Å². The summed E-state index contributed by atoms with van der Waals surface area (Å²) < 4.78 is 11.2. The normalized spacial score (nSPS) is 17.5. The van der Waals surface area contributed by atoms with Crippen LogP contribution in [0, 0.1) is 5.92 Å². The number of nitrogens with zero attached hydrogens (tertiary/aromatic N) is 1. The number of methoxy groups -OCH3 is 1. The van der Waals surface area contributed by atoms with E-state index < -0.39 is 6.10 Å². The van der Waals surface area contributed by atoms with Crippen molar-refractivity contribution in [3.05, 3.63) is 17.7 Å². The van der Waals surface area contributed by atoms with Crippen LogP contribution in [-0.2, 0) is 4.79 Å². The minimum Gasteiger partial charge on any atom is -0.493 e. The molecule has 5 nitrogen and oxygen atoms in total. The van der Waals surface area contributed by atoms with Crippen molar-refractivity contribution >= 4 is 17.9 Å². The Morgan fingerprint density at radius 1 is 1.43 bits per heavy atom. The van der Waals surface area contributed by atoms with Crippen molar-refractivity contribution in [1.29, 1.82) is 0 Å². The first-order valence-corrected chi connectivity index (χ1v) is 7.18. The molecule has 0 spiro atoms. The zero-order valence-electron chi connectivity index (χ0n) is 12.9. The third kappa shape index (κ3) is 2.73. The predicted octanol–water partition coefficient (Wildman–Crippen LogP) is 2.67. The van der Waals surface area contributed by atoms with Gasteiger partial charge in [-0.1, -0.05) is 20.8 Å². The summed E-state index contributed by atoms with van der Waals surface area (Å²) in [5.41, 5.74) is 1.08. The maximum Gasteiger partial charge on any atom is 0.268 e. The van der Waals surface area contributed by atoms with Gasteiger partial charge < -0.3 is 14.4 Å². The Bertz CT molecular complexity index is 553. The van der Waals surface area contributed by atoms with E-state index in [2.05, 4.69) is 0 Å². The summed E-state index contributed by atoms with van der Waals surface area (Å²) in [6.45, 7) is 6.49. The molecule has 1 atom stereocenters. The van der Waals surface area contributed by atoms with Gasteiger partial charge in [0, 0.05) is 12.1 Å². The Balaban J connectivity index is 2.59. The van der Waals surface area contributed by atoms with Gasteiger partial charge in [-0.05, 0) is 24.5 Å². The fraction of sp³-hybridized carbons (Fsp3) is 0.500. The Hall–Kier alpha value is -2.04. The zero-order valence-corrected chi connectivity index (χ0v) is 12.9. The number of anilines is 1. The molecule has 0 aromatic heterocycles. The lowest BCUT2D eigenvalue weighted by atomic mass is 10.0. The molecule has 0 aliphatic carbocycles. The van der Waals surface area contributed by atoms with Gasteiger partial charge in [0.2, 0.25) is 0 Å². The van der Waals surface area contributed by atoms with Gasteiger partial charge >= 0.3 is 0 Å². The first-order valence-electron chi connectivity index (χ1n) is 7.18. The summed E-state index contributed by atoms with van der Waals surface area (Å²) in [6, 6.07) is 3.30. The highest BCUT2D eigenvalue weighted by molar-refractivity contribution is 6.01. The van der Waals surface area contributed by atoms with Crippen LogP contribution in [0.5, 0.6) is 11.5 Å². The lowest BCUT2D eigenvalue weighted by Gasteiger charge is -2.36. The minimum atomic E-state index is -0.528. The molecule has 0 saturated heterocycles. The lowest BCUT2D eigenvalue weighted by Crippen LogP contribution is -2.48. The van der Waals surface area contributed by atoms with Crippen LogP contribution < -0.4 is 14.4 Å². The standard InChI is InChI=1S/C16H21NO4/c1-5-6-17-12-7-11(9-18)8-13(20-4)15(12)21-14(10(2)3)16(17)19/h7-10,14H,5-6H2,1-4H3. The van der Waals surface area contributed by atoms with Crippen molar-refractivity contribution in [2.75, 3.05) is 18.6 Å². The molecule has 0 fully saturated rings. The van der Waals surface area contributed by atoms with E-state index in [9.17, 15) is 9.59 Å². The summed E-state index contributed by atoms with van der Waals surface area (Å²) in [4.78, 5) is 25.4. The highest BCUT2D eigenvalue weighted by Gasteiger charge is 2.37. The number of ether oxygens (including phenoxy) is 2. The predicted molar refractivity (Wildman–Crippen MR) is 80.3 cm³/mol. The first-order chi connectivity index (χ1) is 10.0. The molecule has 1 aromatic carbocycles. The molecule has 0 bridgehead atoms.